The van der Waals surface area contributed by atoms with E-state index in [4.69, 9.17) is 11.6 Å². The molecule has 0 radical (unpaired) electrons. The van der Waals surface area contributed by atoms with Crippen molar-refractivity contribution in [3.63, 3.8) is 0 Å². The molecule has 0 bridgehead atoms. The molecule has 5 heteroatoms. The number of nitrogens with one attached hydrogen (secondary N) is 2. The molecule has 0 unspecified atom stereocenters. The molecule has 0 heterocycles. The third-order valence-electron chi connectivity index (χ3n) is 3.89. The van der Waals surface area contributed by atoms with Crippen LogP contribution in [0.3, 0.4) is 0 Å². The van der Waals surface area contributed by atoms with Crippen LogP contribution in [0, 0.1) is 6.92 Å². The number of carbonyl (C=O) groups is 2. The molecule has 0 saturated carbocycles. The van der Waals surface area contributed by atoms with Crippen molar-refractivity contribution >= 4 is 34.8 Å². The van der Waals surface area contributed by atoms with E-state index in [1.165, 1.54) is 0 Å². The molecule has 0 aromatic heterocycles. The van der Waals surface area contributed by atoms with Gasteiger partial charge < -0.3 is 10.6 Å². The van der Waals surface area contributed by atoms with Crippen molar-refractivity contribution in [2.75, 3.05) is 10.6 Å². The Hall–Kier alpha value is -3.11. The molecule has 2 amide bonds. The van der Waals surface area contributed by atoms with E-state index >= 15 is 0 Å². The molecule has 4 nitrogen and oxygen atoms in total. The Morgan fingerprint density at radius 2 is 1.38 bits per heavy atom. The zero-order chi connectivity index (χ0) is 18.5. The second kappa shape index (κ2) is 7.85. The van der Waals surface area contributed by atoms with Crippen LogP contribution in [0.1, 0.15) is 26.3 Å². The van der Waals surface area contributed by atoms with Crippen LogP contribution in [0.5, 0.6) is 0 Å². The van der Waals surface area contributed by atoms with E-state index in [-0.39, 0.29) is 11.8 Å². The Kier molecular flexibility index (Phi) is 5.34. The first kappa shape index (κ1) is 17.7. The summed E-state index contributed by atoms with van der Waals surface area (Å²) in [6, 6.07) is 21.0. The summed E-state index contributed by atoms with van der Waals surface area (Å²) in [5, 5.41) is 6.28. The maximum absolute atomic E-state index is 12.4. The standard InChI is InChI=1S/C21H17ClN2O2/c1-14-7-12-18(23-20(25)15-5-3-2-4-6-15)13-19(14)24-21(26)16-8-10-17(22)11-9-16/h2-13H,1H3,(H,23,25)(H,24,26). The molecule has 0 saturated heterocycles. The molecule has 3 rings (SSSR count). The van der Waals surface area contributed by atoms with Gasteiger partial charge in [0, 0.05) is 27.5 Å². The molecular formula is C21H17ClN2O2. The number of benzene rings is 3. The lowest BCUT2D eigenvalue weighted by atomic mass is 10.1. The van der Waals surface area contributed by atoms with Crippen LogP contribution < -0.4 is 10.6 Å². The summed E-state index contributed by atoms with van der Waals surface area (Å²) < 4.78 is 0. The summed E-state index contributed by atoms with van der Waals surface area (Å²) in [6.45, 7) is 1.89. The van der Waals surface area contributed by atoms with Gasteiger partial charge in [-0.3, -0.25) is 9.59 Å². The second-order valence-electron chi connectivity index (χ2n) is 5.81. The zero-order valence-electron chi connectivity index (χ0n) is 14.1. The molecular weight excluding hydrogens is 348 g/mol. The Labute approximate surface area is 156 Å². The molecule has 130 valence electrons. The largest absolute Gasteiger partial charge is 0.322 e. The van der Waals surface area contributed by atoms with Crippen molar-refractivity contribution < 1.29 is 9.59 Å². The van der Waals surface area contributed by atoms with Gasteiger partial charge in [0.05, 0.1) is 0 Å². The molecule has 26 heavy (non-hydrogen) atoms. The van der Waals surface area contributed by atoms with E-state index in [2.05, 4.69) is 10.6 Å². The average molecular weight is 365 g/mol. The van der Waals surface area contributed by atoms with Gasteiger partial charge in [0.1, 0.15) is 0 Å². The molecule has 0 aliphatic rings. The van der Waals surface area contributed by atoms with Gasteiger partial charge in [0.15, 0.2) is 0 Å². The number of rotatable bonds is 4. The normalized spacial score (nSPS) is 10.2. The van der Waals surface area contributed by atoms with Crippen LogP contribution in [0.4, 0.5) is 11.4 Å². The SMILES string of the molecule is Cc1ccc(NC(=O)c2ccccc2)cc1NC(=O)c1ccc(Cl)cc1. The van der Waals surface area contributed by atoms with Gasteiger partial charge in [0.2, 0.25) is 0 Å². The summed E-state index contributed by atoms with van der Waals surface area (Å²) in [5.41, 5.74) is 3.21. The number of aryl methyl sites for hydroxylation is 1. The van der Waals surface area contributed by atoms with E-state index in [9.17, 15) is 9.59 Å². The van der Waals surface area contributed by atoms with Gasteiger partial charge in [0.25, 0.3) is 11.8 Å². The first-order chi connectivity index (χ1) is 12.5. The first-order valence-corrected chi connectivity index (χ1v) is 8.45. The summed E-state index contributed by atoms with van der Waals surface area (Å²) in [7, 11) is 0. The van der Waals surface area contributed by atoms with Crippen molar-refractivity contribution in [3.05, 3.63) is 94.5 Å². The summed E-state index contributed by atoms with van der Waals surface area (Å²) in [4.78, 5) is 24.7. The number of hydrogen-bond donors (Lipinski definition) is 2. The Balaban J connectivity index is 1.76. The van der Waals surface area contributed by atoms with Gasteiger partial charge in [-0.05, 0) is 61.0 Å². The highest BCUT2D eigenvalue weighted by Gasteiger charge is 2.10. The Morgan fingerprint density at radius 3 is 2.08 bits per heavy atom. The fraction of sp³-hybridized carbons (Fsp3) is 0.0476. The number of amides is 2. The summed E-state index contributed by atoms with van der Waals surface area (Å²) in [6.07, 6.45) is 0. The highest BCUT2D eigenvalue weighted by atomic mass is 35.5. The maximum Gasteiger partial charge on any atom is 0.255 e. The highest BCUT2D eigenvalue weighted by Crippen LogP contribution is 2.22. The van der Waals surface area contributed by atoms with Gasteiger partial charge in [-0.2, -0.15) is 0 Å². The van der Waals surface area contributed by atoms with Crippen LogP contribution in [0.15, 0.2) is 72.8 Å². The fourth-order valence-electron chi connectivity index (χ4n) is 2.42. The minimum atomic E-state index is -0.240. The van der Waals surface area contributed by atoms with E-state index in [0.29, 0.717) is 27.5 Å². The Morgan fingerprint density at radius 1 is 0.769 bits per heavy atom. The molecule has 0 fully saturated rings. The van der Waals surface area contributed by atoms with Crippen LogP contribution >= 0.6 is 11.6 Å². The quantitative estimate of drug-likeness (QED) is 0.672. The minimum Gasteiger partial charge on any atom is -0.322 e. The van der Waals surface area contributed by atoms with Crippen LogP contribution in [-0.2, 0) is 0 Å². The van der Waals surface area contributed by atoms with Gasteiger partial charge in [-0.15, -0.1) is 0 Å². The lowest BCUT2D eigenvalue weighted by molar-refractivity contribution is 0.101. The van der Waals surface area contributed by atoms with Crippen LogP contribution in [0.2, 0.25) is 5.02 Å². The third kappa shape index (κ3) is 4.29. The van der Waals surface area contributed by atoms with Crippen molar-refractivity contribution in [3.8, 4) is 0 Å². The van der Waals surface area contributed by atoms with Crippen LogP contribution in [0.25, 0.3) is 0 Å². The maximum atomic E-state index is 12.4. The predicted octanol–water partition coefficient (Wildman–Crippen LogP) is 5.15. The minimum absolute atomic E-state index is 0.204. The third-order valence-corrected chi connectivity index (χ3v) is 4.14. The van der Waals surface area contributed by atoms with Gasteiger partial charge in [-0.1, -0.05) is 35.9 Å². The molecule has 3 aromatic rings. The van der Waals surface area contributed by atoms with E-state index in [1.807, 2.05) is 31.2 Å². The molecule has 3 aromatic carbocycles. The average Bonchev–Trinajstić information content (AvgIpc) is 2.65. The van der Waals surface area contributed by atoms with Crippen molar-refractivity contribution in [1.82, 2.24) is 0 Å². The Bertz CT molecular complexity index is 938. The monoisotopic (exact) mass is 364 g/mol. The smallest absolute Gasteiger partial charge is 0.255 e. The van der Waals surface area contributed by atoms with Crippen molar-refractivity contribution in [2.24, 2.45) is 0 Å². The number of anilines is 2. The predicted molar refractivity (Wildman–Crippen MR) is 105 cm³/mol. The zero-order valence-corrected chi connectivity index (χ0v) is 14.9. The fourth-order valence-corrected chi connectivity index (χ4v) is 2.55. The molecule has 2 N–H and O–H groups in total. The lowest BCUT2D eigenvalue weighted by Crippen LogP contribution is -2.14. The van der Waals surface area contributed by atoms with Crippen molar-refractivity contribution in [1.29, 1.82) is 0 Å². The number of carbonyl (C=O) groups excluding carboxylic acids is 2. The molecule has 0 aliphatic heterocycles. The second-order valence-corrected chi connectivity index (χ2v) is 6.25. The molecule has 0 aliphatic carbocycles. The van der Waals surface area contributed by atoms with Gasteiger partial charge in [-0.25, -0.2) is 0 Å². The van der Waals surface area contributed by atoms with Crippen molar-refractivity contribution in [2.45, 2.75) is 6.92 Å². The lowest BCUT2D eigenvalue weighted by Gasteiger charge is -2.12. The number of hydrogen-bond acceptors (Lipinski definition) is 2. The van der Waals surface area contributed by atoms with E-state index in [1.54, 1.807) is 48.5 Å². The van der Waals surface area contributed by atoms with Crippen LogP contribution in [-0.4, -0.2) is 11.8 Å². The van der Waals surface area contributed by atoms with Gasteiger partial charge >= 0.3 is 0 Å². The first-order valence-electron chi connectivity index (χ1n) is 8.07. The number of halogens is 1. The summed E-state index contributed by atoms with van der Waals surface area (Å²) in [5.74, 6) is -0.444. The topological polar surface area (TPSA) is 58.2 Å². The van der Waals surface area contributed by atoms with E-state index in [0.717, 1.165) is 5.56 Å². The highest BCUT2D eigenvalue weighted by molar-refractivity contribution is 6.30. The van der Waals surface area contributed by atoms with E-state index < -0.39 is 0 Å². The summed E-state index contributed by atoms with van der Waals surface area (Å²) >= 11 is 5.85. The molecule has 0 spiro atoms. The molecule has 0 atom stereocenters.